The molecule has 3 nitrogen and oxygen atoms in total. The van der Waals surface area contributed by atoms with Gasteiger partial charge in [-0.1, -0.05) is 12.8 Å². The van der Waals surface area contributed by atoms with E-state index in [1.807, 2.05) is 0 Å². The Morgan fingerprint density at radius 2 is 1.75 bits per heavy atom. The molecule has 0 radical (unpaired) electrons. The van der Waals surface area contributed by atoms with E-state index in [0.717, 1.165) is 19.7 Å². The molecule has 116 valence electrons. The second-order valence-corrected chi connectivity index (χ2v) is 7.65. The highest BCUT2D eigenvalue weighted by atomic mass is 16.5. The second kappa shape index (κ2) is 5.94. The van der Waals surface area contributed by atoms with E-state index in [4.69, 9.17) is 10.5 Å². The summed E-state index contributed by atoms with van der Waals surface area (Å²) in [4.78, 5) is 2.55. The molecular formula is C17H32N2O. The number of nitrogens with two attached hydrogens (primary N) is 1. The predicted molar refractivity (Wildman–Crippen MR) is 82.8 cm³/mol. The van der Waals surface area contributed by atoms with Crippen molar-refractivity contribution in [1.82, 2.24) is 4.90 Å². The monoisotopic (exact) mass is 280 g/mol. The van der Waals surface area contributed by atoms with Gasteiger partial charge >= 0.3 is 0 Å². The molecular weight excluding hydrogens is 248 g/mol. The van der Waals surface area contributed by atoms with Crippen LogP contribution in [0.4, 0.5) is 0 Å². The fourth-order valence-corrected chi connectivity index (χ4v) is 4.90. The Kier molecular flexibility index (Phi) is 4.40. The van der Waals surface area contributed by atoms with Crippen molar-refractivity contribution in [2.75, 3.05) is 26.7 Å². The van der Waals surface area contributed by atoms with Crippen LogP contribution in [-0.4, -0.2) is 43.3 Å². The highest BCUT2D eigenvalue weighted by Crippen LogP contribution is 2.52. The smallest absolute Gasteiger partial charge is 0.0702 e. The second-order valence-electron chi connectivity index (χ2n) is 7.65. The average molecular weight is 280 g/mol. The van der Waals surface area contributed by atoms with E-state index in [9.17, 15) is 0 Å². The number of rotatable bonds is 4. The summed E-state index contributed by atoms with van der Waals surface area (Å²) in [5.74, 6) is 0. The molecule has 3 aliphatic rings. The number of hydrogen-bond acceptors (Lipinski definition) is 3. The third-order valence-electron chi connectivity index (χ3n) is 6.60. The Balaban J connectivity index is 1.60. The van der Waals surface area contributed by atoms with Crippen LogP contribution in [0.15, 0.2) is 0 Å². The fraction of sp³-hybridized carbons (Fsp3) is 1.00. The van der Waals surface area contributed by atoms with E-state index in [0.29, 0.717) is 11.5 Å². The minimum atomic E-state index is 0.250. The highest BCUT2D eigenvalue weighted by molar-refractivity contribution is 5.01. The van der Waals surface area contributed by atoms with Gasteiger partial charge in [0.05, 0.1) is 6.10 Å². The Labute approximate surface area is 124 Å². The average Bonchev–Trinajstić information content (AvgIpc) is 3.13. The maximum Gasteiger partial charge on any atom is 0.0702 e. The van der Waals surface area contributed by atoms with Gasteiger partial charge in [0.1, 0.15) is 0 Å². The van der Waals surface area contributed by atoms with Gasteiger partial charge in [0.2, 0.25) is 0 Å². The van der Waals surface area contributed by atoms with Gasteiger partial charge in [0, 0.05) is 25.2 Å². The minimum Gasteiger partial charge on any atom is -0.377 e. The molecule has 1 atom stereocenters. The molecule has 0 amide bonds. The van der Waals surface area contributed by atoms with E-state index in [2.05, 4.69) is 11.9 Å². The van der Waals surface area contributed by atoms with Crippen LogP contribution in [0.3, 0.4) is 0 Å². The zero-order chi connectivity index (χ0) is 14.1. The van der Waals surface area contributed by atoms with Crippen molar-refractivity contribution >= 4 is 0 Å². The predicted octanol–water partition coefficient (Wildman–Crippen LogP) is 2.93. The van der Waals surface area contributed by atoms with Crippen LogP contribution < -0.4 is 5.73 Å². The molecule has 0 bridgehead atoms. The molecule has 2 saturated carbocycles. The number of ether oxygens (including phenoxy) is 1. The van der Waals surface area contributed by atoms with Crippen LogP contribution in [0.1, 0.15) is 64.2 Å². The quantitative estimate of drug-likeness (QED) is 0.860. The number of nitrogens with zero attached hydrogens (tertiary/aromatic N) is 1. The first kappa shape index (κ1) is 14.8. The van der Waals surface area contributed by atoms with Crippen LogP contribution in [0.25, 0.3) is 0 Å². The lowest BCUT2D eigenvalue weighted by molar-refractivity contribution is -0.00377. The van der Waals surface area contributed by atoms with Crippen LogP contribution >= 0.6 is 0 Å². The summed E-state index contributed by atoms with van der Waals surface area (Å²) in [6.07, 6.45) is 14.2. The van der Waals surface area contributed by atoms with Crippen molar-refractivity contribution in [2.24, 2.45) is 11.1 Å². The Morgan fingerprint density at radius 1 is 1.05 bits per heavy atom. The summed E-state index contributed by atoms with van der Waals surface area (Å²) in [7, 11) is 2.28. The van der Waals surface area contributed by atoms with Crippen molar-refractivity contribution in [1.29, 1.82) is 0 Å². The first-order valence-corrected chi connectivity index (χ1v) is 8.71. The summed E-state index contributed by atoms with van der Waals surface area (Å²) in [5.41, 5.74) is 7.17. The van der Waals surface area contributed by atoms with Gasteiger partial charge in [-0.2, -0.15) is 0 Å². The van der Waals surface area contributed by atoms with Gasteiger partial charge in [-0.05, 0) is 63.8 Å². The van der Waals surface area contributed by atoms with E-state index < -0.39 is 0 Å². The lowest BCUT2D eigenvalue weighted by atomic mass is 9.66. The molecule has 3 rings (SSSR count). The van der Waals surface area contributed by atoms with Crippen LogP contribution in [-0.2, 0) is 4.74 Å². The maximum atomic E-state index is 6.22. The molecule has 1 heterocycles. The topological polar surface area (TPSA) is 38.5 Å². The van der Waals surface area contributed by atoms with Gasteiger partial charge in [-0.3, -0.25) is 4.90 Å². The van der Waals surface area contributed by atoms with Crippen molar-refractivity contribution in [3.63, 3.8) is 0 Å². The van der Waals surface area contributed by atoms with Crippen molar-refractivity contribution in [3.05, 3.63) is 0 Å². The molecule has 1 unspecified atom stereocenters. The molecule has 0 aromatic carbocycles. The molecule has 1 saturated heterocycles. The molecule has 20 heavy (non-hydrogen) atoms. The molecule has 0 aromatic rings. The molecule has 3 heteroatoms. The van der Waals surface area contributed by atoms with Gasteiger partial charge in [0.25, 0.3) is 0 Å². The van der Waals surface area contributed by atoms with Gasteiger partial charge in [-0.15, -0.1) is 0 Å². The summed E-state index contributed by atoms with van der Waals surface area (Å²) >= 11 is 0. The first-order chi connectivity index (χ1) is 9.68. The SMILES string of the molecule is CN(CC1CCCO1)C1(CN)CCC2(CCCC2)CC1. The zero-order valence-electron chi connectivity index (χ0n) is 13.2. The van der Waals surface area contributed by atoms with Crippen LogP contribution in [0.2, 0.25) is 0 Å². The largest absolute Gasteiger partial charge is 0.377 e. The lowest BCUT2D eigenvalue weighted by Gasteiger charge is -2.50. The first-order valence-electron chi connectivity index (χ1n) is 8.71. The van der Waals surface area contributed by atoms with Crippen molar-refractivity contribution < 1.29 is 4.74 Å². The third-order valence-corrected chi connectivity index (χ3v) is 6.60. The van der Waals surface area contributed by atoms with E-state index in [-0.39, 0.29) is 5.54 Å². The van der Waals surface area contributed by atoms with Crippen molar-refractivity contribution in [2.45, 2.75) is 75.9 Å². The van der Waals surface area contributed by atoms with Crippen LogP contribution in [0, 0.1) is 5.41 Å². The number of hydrogen-bond donors (Lipinski definition) is 1. The van der Waals surface area contributed by atoms with Gasteiger partial charge in [-0.25, -0.2) is 0 Å². The van der Waals surface area contributed by atoms with E-state index in [1.54, 1.807) is 0 Å². The molecule has 2 aliphatic carbocycles. The Hall–Kier alpha value is -0.120. The zero-order valence-corrected chi connectivity index (χ0v) is 13.2. The van der Waals surface area contributed by atoms with E-state index >= 15 is 0 Å². The molecule has 1 spiro atoms. The molecule has 0 aromatic heterocycles. The fourth-order valence-electron chi connectivity index (χ4n) is 4.90. The Bertz CT molecular complexity index is 309. The summed E-state index contributed by atoms with van der Waals surface area (Å²) in [6, 6.07) is 0. The van der Waals surface area contributed by atoms with Gasteiger partial charge in [0.15, 0.2) is 0 Å². The maximum absolute atomic E-state index is 6.22. The molecule has 2 N–H and O–H groups in total. The van der Waals surface area contributed by atoms with Crippen LogP contribution in [0.5, 0.6) is 0 Å². The van der Waals surface area contributed by atoms with Crippen molar-refractivity contribution in [3.8, 4) is 0 Å². The highest BCUT2D eigenvalue weighted by Gasteiger charge is 2.45. The molecule has 1 aliphatic heterocycles. The number of likely N-dealkylation sites (N-methyl/N-ethyl adjacent to an activating group) is 1. The van der Waals surface area contributed by atoms with Gasteiger partial charge < -0.3 is 10.5 Å². The summed E-state index contributed by atoms with van der Waals surface area (Å²) in [5, 5.41) is 0. The standard InChI is InChI=1S/C17H32N2O/c1-19(13-15-5-4-12-20-15)17(14-18)10-8-16(9-11-17)6-2-3-7-16/h15H,2-14,18H2,1H3. The summed E-state index contributed by atoms with van der Waals surface area (Å²) < 4.78 is 5.81. The Morgan fingerprint density at radius 3 is 2.30 bits per heavy atom. The normalized spacial score (nSPS) is 32.2. The van der Waals surface area contributed by atoms with E-state index in [1.165, 1.54) is 64.2 Å². The third kappa shape index (κ3) is 2.77. The summed E-state index contributed by atoms with van der Waals surface area (Å²) in [6.45, 7) is 2.84. The lowest BCUT2D eigenvalue weighted by Crippen LogP contribution is -2.56. The minimum absolute atomic E-state index is 0.250. The molecule has 3 fully saturated rings.